The standard InChI is InChI=1S/C38H74NO10P/c1-3-5-7-9-11-13-15-16-17-18-19-20-21-23-25-27-29-36(41)39-35(38(43)44)33-49-50(45,46)48-32-34(40)31-47-37(42)30-28-26-24-22-14-12-10-8-6-4-2/h34-35,40H,3-33H2,1-2H3,(H,39,41)(H,43,44)(H,45,46). The first-order chi connectivity index (χ1) is 24.1. The third-order valence-electron chi connectivity index (χ3n) is 8.90. The van der Waals surface area contributed by atoms with Gasteiger partial charge in [-0.05, 0) is 12.8 Å². The predicted molar refractivity (Wildman–Crippen MR) is 199 cm³/mol. The van der Waals surface area contributed by atoms with Gasteiger partial charge in [0, 0.05) is 12.8 Å². The number of phosphoric ester groups is 1. The highest BCUT2D eigenvalue weighted by molar-refractivity contribution is 7.47. The number of carbonyl (C=O) groups excluding carboxylic acids is 2. The van der Waals surface area contributed by atoms with Gasteiger partial charge in [0.2, 0.25) is 5.91 Å². The molecule has 0 heterocycles. The molecule has 0 aromatic carbocycles. The first kappa shape index (κ1) is 48.5. The Morgan fingerprint density at radius 3 is 1.32 bits per heavy atom. The van der Waals surface area contributed by atoms with E-state index < -0.39 is 57.6 Å². The summed E-state index contributed by atoms with van der Waals surface area (Å²) in [6, 6.07) is -1.54. The van der Waals surface area contributed by atoms with E-state index in [9.17, 15) is 34.1 Å². The van der Waals surface area contributed by atoms with Crippen LogP contribution in [0.4, 0.5) is 0 Å². The minimum atomic E-state index is -4.74. The molecule has 0 spiro atoms. The maximum absolute atomic E-state index is 12.3. The van der Waals surface area contributed by atoms with E-state index in [1.54, 1.807) is 0 Å². The number of hydrogen-bond acceptors (Lipinski definition) is 8. The molecular formula is C38H74NO10P. The highest BCUT2D eigenvalue weighted by Gasteiger charge is 2.28. The lowest BCUT2D eigenvalue weighted by molar-refractivity contribution is -0.147. The summed E-state index contributed by atoms with van der Waals surface area (Å²) in [4.78, 5) is 45.7. The minimum absolute atomic E-state index is 0.152. The number of carboxylic acids is 1. The molecule has 50 heavy (non-hydrogen) atoms. The minimum Gasteiger partial charge on any atom is -0.480 e. The van der Waals surface area contributed by atoms with Gasteiger partial charge in [-0.1, -0.05) is 168 Å². The Balaban J connectivity index is 3.92. The molecule has 0 saturated heterocycles. The molecule has 0 aliphatic carbocycles. The molecule has 4 N–H and O–H groups in total. The van der Waals surface area contributed by atoms with Crippen molar-refractivity contribution in [2.24, 2.45) is 0 Å². The Morgan fingerprint density at radius 2 is 0.920 bits per heavy atom. The zero-order valence-electron chi connectivity index (χ0n) is 31.7. The van der Waals surface area contributed by atoms with E-state index in [4.69, 9.17) is 13.8 Å². The van der Waals surface area contributed by atoms with Crippen LogP contribution in [0.2, 0.25) is 0 Å². The van der Waals surface area contributed by atoms with Crippen molar-refractivity contribution >= 4 is 25.7 Å². The number of aliphatic carboxylic acids is 1. The molecule has 1 amide bonds. The number of phosphoric acid groups is 1. The van der Waals surface area contributed by atoms with Gasteiger partial charge in [0.1, 0.15) is 12.7 Å². The van der Waals surface area contributed by atoms with E-state index in [1.165, 1.54) is 116 Å². The topological polar surface area (TPSA) is 169 Å². The zero-order valence-corrected chi connectivity index (χ0v) is 32.6. The number of rotatable bonds is 38. The summed E-state index contributed by atoms with van der Waals surface area (Å²) in [7, 11) is -4.74. The summed E-state index contributed by atoms with van der Waals surface area (Å²) in [5.41, 5.74) is 0. The summed E-state index contributed by atoms with van der Waals surface area (Å²) in [6.07, 6.45) is 29.9. The van der Waals surface area contributed by atoms with E-state index in [2.05, 4.69) is 19.2 Å². The second kappa shape index (κ2) is 34.6. The van der Waals surface area contributed by atoms with Crippen molar-refractivity contribution in [3.05, 3.63) is 0 Å². The summed E-state index contributed by atoms with van der Waals surface area (Å²) in [5, 5.41) is 21.7. The third kappa shape index (κ3) is 33.6. The SMILES string of the molecule is CCCCCCCCCCCCCCCCCCC(=O)NC(COP(=O)(O)OCC(O)COC(=O)CCCCCCCCCCCC)C(=O)O. The van der Waals surface area contributed by atoms with Crippen LogP contribution in [0, 0.1) is 0 Å². The summed E-state index contributed by atoms with van der Waals surface area (Å²) < 4.78 is 26.7. The van der Waals surface area contributed by atoms with Crippen LogP contribution >= 0.6 is 7.82 Å². The van der Waals surface area contributed by atoms with Crippen LogP contribution in [0.1, 0.15) is 194 Å². The monoisotopic (exact) mass is 736 g/mol. The Bertz CT molecular complexity index is 875. The van der Waals surface area contributed by atoms with Crippen LogP contribution in [-0.2, 0) is 32.7 Å². The fourth-order valence-corrected chi connectivity index (χ4v) is 6.50. The third-order valence-corrected chi connectivity index (χ3v) is 9.85. The molecule has 0 bridgehead atoms. The van der Waals surface area contributed by atoms with Crippen molar-refractivity contribution in [2.75, 3.05) is 19.8 Å². The normalized spacial score (nSPS) is 13.8. The van der Waals surface area contributed by atoms with Gasteiger partial charge in [-0.3, -0.25) is 18.6 Å². The average Bonchev–Trinajstić information content (AvgIpc) is 3.08. The van der Waals surface area contributed by atoms with Crippen LogP contribution in [0.3, 0.4) is 0 Å². The molecular weight excluding hydrogens is 661 g/mol. The van der Waals surface area contributed by atoms with Gasteiger partial charge < -0.3 is 25.2 Å². The predicted octanol–water partition coefficient (Wildman–Crippen LogP) is 9.56. The van der Waals surface area contributed by atoms with Crippen molar-refractivity contribution in [1.29, 1.82) is 0 Å². The van der Waals surface area contributed by atoms with Crippen molar-refractivity contribution < 1.29 is 47.8 Å². The van der Waals surface area contributed by atoms with E-state index in [0.29, 0.717) is 12.8 Å². The summed E-state index contributed by atoms with van der Waals surface area (Å²) >= 11 is 0. The highest BCUT2D eigenvalue weighted by atomic mass is 31.2. The summed E-state index contributed by atoms with van der Waals surface area (Å²) in [5.74, 6) is -2.36. The van der Waals surface area contributed by atoms with E-state index in [-0.39, 0.29) is 12.8 Å². The maximum atomic E-state index is 12.3. The fourth-order valence-electron chi connectivity index (χ4n) is 5.73. The Morgan fingerprint density at radius 1 is 0.560 bits per heavy atom. The molecule has 0 aliphatic heterocycles. The van der Waals surface area contributed by atoms with Crippen LogP contribution in [0.15, 0.2) is 0 Å². The first-order valence-corrected chi connectivity index (χ1v) is 21.6. The number of amides is 1. The Labute approximate surface area is 304 Å². The number of carboxylic acid groups (broad SMARTS) is 1. The summed E-state index contributed by atoms with van der Waals surface area (Å²) in [6.45, 7) is 2.58. The number of aliphatic hydroxyl groups excluding tert-OH is 1. The van der Waals surface area contributed by atoms with Crippen molar-refractivity contribution in [1.82, 2.24) is 5.32 Å². The molecule has 0 aromatic heterocycles. The second-order valence-electron chi connectivity index (χ2n) is 13.8. The molecule has 0 saturated carbocycles. The maximum Gasteiger partial charge on any atom is 0.472 e. The van der Waals surface area contributed by atoms with E-state index in [0.717, 1.165) is 38.5 Å². The highest BCUT2D eigenvalue weighted by Crippen LogP contribution is 2.43. The lowest BCUT2D eigenvalue weighted by Crippen LogP contribution is -2.43. The molecule has 296 valence electrons. The number of unbranched alkanes of at least 4 members (excludes halogenated alkanes) is 24. The Kier molecular flexibility index (Phi) is 33.5. The van der Waals surface area contributed by atoms with Gasteiger partial charge in [0.05, 0.1) is 13.2 Å². The molecule has 0 fully saturated rings. The largest absolute Gasteiger partial charge is 0.480 e. The molecule has 3 unspecified atom stereocenters. The van der Waals surface area contributed by atoms with Crippen molar-refractivity contribution in [2.45, 2.75) is 206 Å². The molecule has 0 radical (unpaired) electrons. The first-order valence-electron chi connectivity index (χ1n) is 20.1. The quantitative estimate of drug-likeness (QED) is 0.0272. The number of hydrogen-bond donors (Lipinski definition) is 4. The van der Waals surface area contributed by atoms with Gasteiger partial charge >= 0.3 is 19.8 Å². The zero-order chi connectivity index (χ0) is 37.1. The van der Waals surface area contributed by atoms with Gasteiger partial charge in [0.25, 0.3) is 0 Å². The molecule has 3 atom stereocenters. The number of esters is 1. The molecule has 0 rings (SSSR count). The average molecular weight is 736 g/mol. The molecule has 0 aromatic rings. The van der Waals surface area contributed by atoms with Crippen molar-refractivity contribution in [3.8, 4) is 0 Å². The number of carbonyl (C=O) groups is 3. The van der Waals surface area contributed by atoms with Gasteiger partial charge in [-0.15, -0.1) is 0 Å². The fraction of sp³-hybridized carbons (Fsp3) is 0.921. The van der Waals surface area contributed by atoms with Gasteiger partial charge in [-0.25, -0.2) is 9.36 Å². The smallest absolute Gasteiger partial charge is 0.472 e. The molecule has 12 heteroatoms. The van der Waals surface area contributed by atoms with Gasteiger partial charge in [-0.2, -0.15) is 0 Å². The van der Waals surface area contributed by atoms with E-state index >= 15 is 0 Å². The van der Waals surface area contributed by atoms with Crippen LogP contribution in [-0.4, -0.2) is 64.9 Å². The number of nitrogens with one attached hydrogen (secondary N) is 1. The van der Waals surface area contributed by atoms with E-state index in [1.807, 2.05) is 0 Å². The lowest BCUT2D eigenvalue weighted by atomic mass is 10.0. The van der Waals surface area contributed by atoms with Crippen LogP contribution < -0.4 is 5.32 Å². The second-order valence-corrected chi connectivity index (χ2v) is 15.3. The van der Waals surface area contributed by atoms with Crippen molar-refractivity contribution in [3.63, 3.8) is 0 Å². The number of aliphatic hydroxyl groups is 1. The van der Waals surface area contributed by atoms with Crippen LogP contribution in [0.5, 0.6) is 0 Å². The van der Waals surface area contributed by atoms with Gasteiger partial charge in [0.15, 0.2) is 6.04 Å². The molecule has 11 nitrogen and oxygen atoms in total. The molecule has 0 aliphatic rings. The number of ether oxygens (including phenoxy) is 1. The van der Waals surface area contributed by atoms with Crippen LogP contribution in [0.25, 0.3) is 0 Å². The Hall–Kier alpha value is -1.52. The lowest BCUT2D eigenvalue weighted by Gasteiger charge is -2.18.